The van der Waals surface area contributed by atoms with Crippen LogP contribution in [0.3, 0.4) is 0 Å². The molecule has 0 saturated carbocycles. The summed E-state index contributed by atoms with van der Waals surface area (Å²) >= 11 is 0. The van der Waals surface area contributed by atoms with E-state index in [0.29, 0.717) is 5.56 Å². The Morgan fingerprint density at radius 3 is 2.61 bits per heavy atom. The first kappa shape index (κ1) is 14.2. The summed E-state index contributed by atoms with van der Waals surface area (Å²) in [4.78, 5) is 22.7. The Balaban J connectivity index is 2.50. The van der Waals surface area contributed by atoms with E-state index in [4.69, 9.17) is 5.73 Å². The predicted molar refractivity (Wildman–Crippen MR) is 66.1 cm³/mol. The van der Waals surface area contributed by atoms with Gasteiger partial charge >= 0.3 is 0 Å². The summed E-state index contributed by atoms with van der Waals surface area (Å²) in [5.74, 6) is -1.12. The fourth-order valence-electron chi connectivity index (χ4n) is 1.30. The highest BCUT2D eigenvalue weighted by Gasteiger charge is 2.25. The lowest BCUT2D eigenvalue weighted by Crippen LogP contribution is -2.42. The van der Waals surface area contributed by atoms with Crippen molar-refractivity contribution in [3.63, 3.8) is 0 Å². The van der Waals surface area contributed by atoms with E-state index >= 15 is 0 Å². The van der Waals surface area contributed by atoms with Crippen molar-refractivity contribution in [1.29, 1.82) is 0 Å². The molecule has 0 aliphatic carbocycles. The third-order valence-corrected chi connectivity index (χ3v) is 2.65. The van der Waals surface area contributed by atoms with Crippen LogP contribution in [0.15, 0.2) is 24.3 Å². The number of halogens is 1. The molecule has 0 spiro atoms. The zero-order valence-electron chi connectivity index (χ0n) is 10.5. The van der Waals surface area contributed by atoms with E-state index in [1.165, 1.54) is 12.1 Å². The first-order chi connectivity index (χ1) is 8.31. The normalized spacial score (nSPS) is 11.1. The zero-order valence-corrected chi connectivity index (χ0v) is 10.5. The molecule has 0 aromatic heterocycles. The molecule has 0 saturated heterocycles. The molecule has 4 nitrogen and oxygen atoms in total. The van der Waals surface area contributed by atoms with Crippen molar-refractivity contribution in [2.45, 2.75) is 20.3 Å². The number of rotatable bonds is 5. The van der Waals surface area contributed by atoms with E-state index in [9.17, 15) is 14.0 Å². The van der Waals surface area contributed by atoms with E-state index in [1.54, 1.807) is 26.0 Å². The molecule has 5 heteroatoms. The van der Waals surface area contributed by atoms with Crippen LogP contribution in [-0.4, -0.2) is 18.4 Å². The van der Waals surface area contributed by atoms with Crippen LogP contribution in [0.25, 0.3) is 0 Å². The number of hydrogen-bond acceptors (Lipinski definition) is 2. The SMILES string of the molecule is CC(C)(CNC(=O)Cc1cccc(F)c1)C(N)=O. The number of amides is 2. The van der Waals surface area contributed by atoms with E-state index in [2.05, 4.69) is 5.32 Å². The molecule has 0 aliphatic rings. The summed E-state index contributed by atoms with van der Waals surface area (Å²) in [7, 11) is 0. The van der Waals surface area contributed by atoms with Crippen molar-refractivity contribution >= 4 is 11.8 Å². The van der Waals surface area contributed by atoms with Gasteiger partial charge in [0, 0.05) is 6.54 Å². The van der Waals surface area contributed by atoms with Gasteiger partial charge in [0.05, 0.1) is 11.8 Å². The molecular weight excluding hydrogens is 235 g/mol. The fourth-order valence-corrected chi connectivity index (χ4v) is 1.30. The van der Waals surface area contributed by atoms with Gasteiger partial charge in [0.15, 0.2) is 0 Å². The maximum Gasteiger partial charge on any atom is 0.224 e. The summed E-state index contributed by atoms with van der Waals surface area (Å²) in [6, 6.07) is 5.84. The van der Waals surface area contributed by atoms with Crippen molar-refractivity contribution in [3.05, 3.63) is 35.6 Å². The van der Waals surface area contributed by atoms with Crippen molar-refractivity contribution in [2.24, 2.45) is 11.1 Å². The monoisotopic (exact) mass is 252 g/mol. The Bertz CT molecular complexity index is 458. The average Bonchev–Trinajstić information content (AvgIpc) is 2.26. The molecule has 0 aliphatic heterocycles. The molecular formula is C13H17FN2O2. The van der Waals surface area contributed by atoms with Crippen LogP contribution in [-0.2, 0) is 16.0 Å². The lowest BCUT2D eigenvalue weighted by Gasteiger charge is -2.20. The topological polar surface area (TPSA) is 72.2 Å². The van der Waals surface area contributed by atoms with Crippen molar-refractivity contribution in [2.75, 3.05) is 6.54 Å². The number of nitrogens with two attached hydrogens (primary N) is 1. The molecule has 0 fully saturated rings. The van der Waals surface area contributed by atoms with Gasteiger partial charge in [-0.15, -0.1) is 0 Å². The third-order valence-electron chi connectivity index (χ3n) is 2.65. The minimum Gasteiger partial charge on any atom is -0.369 e. The lowest BCUT2D eigenvalue weighted by atomic mass is 9.92. The summed E-state index contributed by atoms with van der Waals surface area (Å²) in [6.45, 7) is 3.46. The lowest BCUT2D eigenvalue weighted by molar-refractivity contribution is -0.126. The van der Waals surface area contributed by atoms with Crippen molar-refractivity contribution in [3.8, 4) is 0 Å². The van der Waals surface area contributed by atoms with Gasteiger partial charge in [0.25, 0.3) is 0 Å². The van der Waals surface area contributed by atoms with Crippen LogP contribution in [0.2, 0.25) is 0 Å². The maximum absolute atomic E-state index is 12.9. The standard InChI is InChI=1S/C13H17FN2O2/c1-13(2,12(15)18)8-16-11(17)7-9-4-3-5-10(14)6-9/h3-6H,7-8H2,1-2H3,(H2,15,18)(H,16,17). The number of benzene rings is 1. The largest absolute Gasteiger partial charge is 0.369 e. The molecule has 1 aromatic rings. The van der Waals surface area contributed by atoms with Gasteiger partial charge in [-0.1, -0.05) is 12.1 Å². The third kappa shape index (κ3) is 4.16. The van der Waals surface area contributed by atoms with Crippen LogP contribution in [0.5, 0.6) is 0 Å². The minimum atomic E-state index is -0.794. The molecule has 1 aromatic carbocycles. The van der Waals surface area contributed by atoms with Crippen LogP contribution in [0.4, 0.5) is 4.39 Å². The van der Waals surface area contributed by atoms with Gasteiger partial charge < -0.3 is 11.1 Å². The van der Waals surface area contributed by atoms with Crippen LogP contribution < -0.4 is 11.1 Å². The number of carbonyl (C=O) groups is 2. The molecule has 0 bridgehead atoms. The van der Waals surface area contributed by atoms with Gasteiger partial charge in [0.2, 0.25) is 11.8 Å². The molecule has 1 rings (SSSR count). The first-order valence-corrected chi connectivity index (χ1v) is 5.62. The molecule has 0 atom stereocenters. The van der Waals surface area contributed by atoms with Gasteiger partial charge in [-0.3, -0.25) is 9.59 Å². The Labute approximate surface area is 105 Å². The quantitative estimate of drug-likeness (QED) is 0.820. The maximum atomic E-state index is 12.9. The molecule has 3 N–H and O–H groups in total. The Hall–Kier alpha value is -1.91. The summed E-state index contributed by atoms with van der Waals surface area (Å²) in [6.07, 6.45) is 0.0760. The number of nitrogens with one attached hydrogen (secondary N) is 1. The first-order valence-electron chi connectivity index (χ1n) is 5.62. The number of primary amides is 1. The molecule has 0 radical (unpaired) electrons. The Kier molecular flexibility index (Phi) is 4.42. The Morgan fingerprint density at radius 2 is 2.06 bits per heavy atom. The summed E-state index contributed by atoms with van der Waals surface area (Å²) < 4.78 is 12.9. The Morgan fingerprint density at radius 1 is 1.39 bits per heavy atom. The smallest absolute Gasteiger partial charge is 0.224 e. The summed E-state index contributed by atoms with van der Waals surface area (Å²) in [5.41, 5.74) is 4.98. The van der Waals surface area contributed by atoms with Crippen LogP contribution in [0.1, 0.15) is 19.4 Å². The minimum absolute atomic E-state index is 0.0760. The molecule has 2 amide bonds. The second-order valence-electron chi connectivity index (χ2n) is 4.83. The van der Waals surface area contributed by atoms with Gasteiger partial charge in [-0.05, 0) is 31.5 Å². The van der Waals surface area contributed by atoms with E-state index in [0.717, 1.165) is 0 Å². The second-order valence-corrected chi connectivity index (χ2v) is 4.83. The fraction of sp³-hybridized carbons (Fsp3) is 0.385. The number of hydrogen-bond donors (Lipinski definition) is 2. The molecule has 98 valence electrons. The predicted octanol–water partition coefficient (Wildman–Crippen LogP) is 0.996. The highest BCUT2D eigenvalue weighted by molar-refractivity contribution is 5.82. The summed E-state index contributed by atoms with van der Waals surface area (Å²) in [5, 5.41) is 2.61. The van der Waals surface area contributed by atoms with Gasteiger partial charge in [0.1, 0.15) is 5.82 Å². The number of carbonyl (C=O) groups excluding carboxylic acids is 2. The average molecular weight is 252 g/mol. The van der Waals surface area contributed by atoms with Crippen LogP contribution in [0, 0.1) is 11.2 Å². The highest BCUT2D eigenvalue weighted by atomic mass is 19.1. The van der Waals surface area contributed by atoms with Crippen molar-refractivity contribution < 1.29 is 14.0 Å². The van der Waals surface area contributed by atoms with Crippen LogP contribution >= 0.6 is 0 Å². The second kappa shape index (κ2) is 5.62. The molecule has 0 unspecified atom stereocenters. The molecule has 18 heavy (non-hydrogen) atoms. The van der Waals surface area contributed by atoms with Gasteiger partial charge in [-0.2, -0.15) is 0 Å². The van der Waals surface area contributed by atoms with Gasteiger partial charge in [-0.25, -0.2) is 4.39 Å². The van der Waals surface area contributed by atoms with Crippen molar-refractivity contribution in [1.82, 2.24) is 5.32 Å². The molecule has 0 heterocycles. The highest BCUT2D eigenvalue weighted by Crippen LogP contribution is 2.12. The van der Waals surface area contributed by atoms with E-state index < -0.39 is 11.3 Å². The van der Waals surface area contributed by atoms with E-state index in [1.807, 2.05) is 0 Å². The zero-order chi connectivity index (χ0) is 13.8. The van der Waals surface area contributed by atoms with E-state index in [-0.39, 0.29) is 24.7 Å².